The Bertz CT molecular complexity index is 1040. The summed E-state index contributed by atoms with van der Waals surface area (Å²) in [5.74, 6) is -3.44. The van der Waals surface area contributed by atoms with Gasteiger partial charge in [0.2, 0.25) is 6.04 Å². The molecule has 2 aliphatic rings. The molecule has 0 radical (unpaired) electrons. The molecular weight excluding hydrogens is 429 g/mol. The SMILES string of the molecule is O=C(NC(C(=O)NC1(C(=O)O)CC1)C(F)(F)F)OCC1c2ccccc2-c2ccccc21. The Morgan fingerprint density at radius 2 is 1.56 bits per heavy atom. The number of hydrogen-bond donors (Lipinski definition) is 3. The lowest BCUT2D eigenvalue weighted by molar-refractivity contribution is -0.169. The van der Waals surface area contributed by atoms with Gasteiger partial charge in [0.1, 0.15) is 12.1 Å². The van der Waals surface area contributed by atoms with Crippen molar-refractivity contribution in [3.63, 3.8) is 0 Å². The number of rotatable bonds is 6. The van der Waals surface area contributed by atoms with Crippen molar-refractivity contribution in [3.8, 4) is 11.1 Å². The van der Waals surface area contributed by atoms with Gasteiger partial charge in [-0.1, -0.05) is 48.5 Å². The summed E-state index contributed by atoms with van der Waals surface area (Å²) in [6.07, 6.45) is -6.53. The third-order valence-corrected chi connectivity index (χ3v) is 5.72. The first-order valence-corrected chi connectivity index (χ1v) is 9.86. The number of aliphatic carboxylic acids is 1. The van der Waals surface area contributed by atoms with Crippen LogP contribution in [0.25, 0.3) is 11.1 Å². The van der Waals surface area contributed by atoms with Crippen LogP contribution in [0.3, 0.4) is 0 Å². The smallest absolute Gasteiger partial charge is 0.417 e. The quantitative estimate of drug-likeness (QED) is 0.630. The highest BCUT2D eigenvalue weighted by molar-refractivity contribution is 5.93. The fourth-order valence-corrected chi connectivity index (χ4v) is 3.88. The lowest BCUT2D eigenvalue weighted by Gasteiger charge is -2.23. The van der Waals surface area contributed by atoms with Gasteiger partial charge in [-0.05, 0) is 35.1 Å². The van der Waals surface area contributed by atoms with Crippen molar-refractivity contribution in [2.24, 2.45) is 0 Å². The Morgan fingerprint density at radius 1 is 1.03 bits per heavy atom. The van der Waals surface area contributed by atoms with Crippen LogP contribution < -0.4 is 10.6 Å². The number of alkyl carbamates (subject to hydrolysis) is 1. The summed E-state index contributed by atoms with van der Waals surface area (Å²) in [5, 5.41) is 12.5. The second-order valence-corrected chi connectivity index (χ2v) is 7.82. The van der Waals surface area contributed by atoms with E-state index in [9.17, 15) is 27.6 Å². The molecule has 1 saturated carbocycles. The highest BCUT2D eigenvalue weighted by atomic mass is 19.4. The van der Waals surface area contributed by atoms with Crippen LogP contribution in [0.15, 0.2) is 48.5 Å². The summed E-state index contributed by atoms with van der Waals surface area (Å²) in [6.45, 7) is -0.231. The van der Waals surface area contributed by atoms with Gasteiger partial charge in [-0.25, -0.2) is 9.59 Å². The van der Waals surface area contributed by atoms with E-state index in [0.717, 1.165) is 22.3 Å². The molecule has 7 nitrogen and oxygen atoms in total. The maximum absolute atomic E-state index is 13.4. The molecule has 2 aromatic rings. The lowest BCUT2D eigenvalue weighted by Crippen LogP contribution is -2.58. The van der Waals surface area contributed by atoms with Gasteiger partial charge >= 0.3 is 18.2 Å². The van der Waals surface area contributed by atoms with Crippen molar-refractivity contribution in [2.45, 2.75) is 36.5 Å². The van der Waals surface area contributed by atoms with Crippen LogP contribution >= 0.6 is 0 Å². The summed E-state index contributed by atoms with van der Waals surface area (Å²) >= 11 is 0. The fourth-order valence-electron chi connectivity index (χ4n) is 3.88. The first-order valence-electron chi connectivity index (χ1n) is 9.86. The number of alkyl halides is 3. The Morgan fingerprint density at radius 3 is 2.03 bits per heavy atom. The second-order valence-electron chi connectivity index (χ2n) is 7.82. The maximum atomic E-state index is 13.4. The number of carbonyl (C=O) groups is 3. The molecule has 32 heavy (non-hydrogen) atoms. The molecule has 0 aliphatic heterocycles. The highest BCUT2D eigenvalue weighted by Gasteiger charge is 2.55. The average molecular weight is 448 g/mol. The first-order chi connectivity index (χ1) is 15.1. The normalized spacial score (nSPS) is 17.0. The molecule has 0 bridgehead atoms. The molecule has 2 aliphatic carbocycles. The van der Waals surface area contributed by atoms with Gasteiger partial charge in [-0.2, -0.15) is 13.2 Å². The van der Waals surface area contributed by atoms with Crippen LogP contribution in [0.4, 0.5) is 18.0 Å². The summed E-state index contributed by atoms with van der Waals surface area (Å²) < 4.78 is 45.2. The molecule has 0 heterocycles. The molecule has 1 atom stereocenters. The van der Waals surface area contributed by atoms with Gasteiger partial charge < -0.3 is 20.5 Å². The van der Waals surface area contributed by atoms with Crippen LogP contribution in [0, 0.1) is 0 Å². The molecule has 2 amide bonds. The average Bonchev–Trinajstić information content (AvgIpc) is 3.46. The minimum absolute atomic E-state index is 0.0175. The van der Waals surface area contributed by atoms with Crippen molar-refractivity contribution >= 4 is 18.0 Å². The molecule has 1 fully saturated rings. The Balaban J connectivity index is 1.44. The molecule has 10 heteroatoms. The topological polar surface area (TPSA) is 105 Å². The second kappa shape index (κ2) is 7.85. The number of carboxylic acid groups (broad SMARTS) is 1. The maximum Gasteiger partial charge on any atom is 0.417 e. The van der Waals surface area contributed by atoms with Crippen LogP contribution in [-0.4, -0.2) is 47.4 Å². The predicted octanol–water partition coefficient (Wildman–Crippen LogP) is 3.19. The van der Waals surface area contributed by atoms with E-state index in [0.29, 0.717) is 0 Å². The number of nitrogens with one attached hydrogen (secondary N) is 2. The molecule has 0 saturated heterocycles. The molecule has 3 N–H and O–H groups in total. The zero-order valence-electron chi connectivity index (χ0n) is 16.6. The number of hydrogen-bond acceptors (Lipinski definition) is 4. The lowest BCUT2D eigenvalue weighted by atomic mass is 9.98. The number of carbonyl (C=O) groups excluding carboxylic acids is 2. The molecule has 1 unspecified atom stereocenters. The van der Waals surface area contributed by atoms with Crippen molar-refractivity contribution < 1.29 is 37.4 Å². The van der Waals surface area contributed by atoms with Crippen LogP contribution in [-0.2, 0) is 14.3 Å². The summed E-state index contributed by atoms with van der Waals surface area (Å²) in [6, 6.07) is 12.0. The number of benzene rings is 2. The van der Waals surface area contributed by atoms with Crippen LogP contribution in [0.2, 0.25) is 0 Å². The van der Waals surface area contributed by atoms with Crippen molar-refractivity contribution in [3.05, 3.63) is 59.7 Å². The monoisotopic (exact) mass is 448 g/mol. The van der Waals surface area contributed by atoms with E-state index in [1.807, 2.05) is 53.8 Å². The minimum Gasteiger partial charge on any atom is -0.480 e. The van der Waals surface area contributed by atoms with Crippen molar-refractivity contribution in [2.75, 3.05) is 6.61 Å². The van der Waals surface area contributed by atoms with E-state index in [1.165, 1.54) is 5.32 Å². The Labute approximate surface area is 180 Å². The zero-order valence-corrected chi connectivity index (χ0v) is 16.6. The van der Waals surface area contributed by atoms with E-state index in [2.05, 4.69) is 0 Å². The molecule has 0 aromatic heterocycles. The van der Waals surface area contributed by atoms with Gasteiger partial charge in [0, 0.05) is 5.92 Å². The number of ether oxygens (including phenoxy) is 1. The van der Waals surface area contributed by atoms with E-state index in [-0.39, 0.29) is 25.4 Å². The van der Waals surface area contributed by atoms with Crippen LogP contribution in [0.5, 0.6) is 0 Å². The number of fused-ring (bicyclic) bond motifs is 3. The van der Waals surface area contributed by atoms with Gasteiger partial charge in [0.25, 0.3) is 5.91 Å². The van der Waals surface area contributed by atoms with Gasteiger partial charge in [0.05, 0.1) is 0 Å². The third-order valence-electron chi connectivity index (χ3n) is 5.72. The zero-order chi connectivity index (χ0) is 23.1. The van der Waals surface area contributed by atoms with Gasteiger partial charge in [-0.3, -0.25) is 4.79 Å². The molecule has 4 rings (SSSR count). The van der Waals surface area contributed by atoms with Crippen LogP contribution in [0.1, 0.15) is 29.9 Å². The van der Waals surface area contributed by atoms with Crippen molar-refractivity contribution in [1.82, 2.24) is 10.6 Å². The summed E-state index contributed by atoms with van der Waals surface area (Å²) in [5.41, 5.74) is 1.94. The fraction of sp³-hybridized carbons (Fsp3) is 0.318. The first kappa shape index (κ1) is 21.7. The van der Waals surface area contributed by atoms with E-state index >= 15 is 0 Å². The summed E-state index contributed by atoms with van der Waals surface area (Å²) in [4.78, 5) is 35.4. The summed E-state index contributed by atoms with van der Waals surface area (Å²) in [7, 11) is 0. The standard InChI is InChI=1S/C22H19F3N2O5/c23-22(24,25)17(18(28)27-21(9-10-21)19(29)30)26-20(31)32-11-16-14-7-3-1-5-12(14)13-6-2-4-8-15(13)16/h1-8,16-17H,9-11H2,(H,26,31)(H,27,28)(H,29,30). The minimum atomic E-state index is -5.13. The van der Waals surface area contributed by atoms with Crippen molar-refractivity contribution in [1.29, 1.82) is 0 Å². The molecule has 168 valence electrons. The largest absolute Gasteiger partial charge is 0.480 e. The van der Waals surface area contributed by atoms with E-state index < -0.39 is 35.7 Å². The number of carboxylic acids is 1. The number of halogens is 3. The highest BCUT2D eigenvalue weighted by Crippen LogP contribution is 2.44. The van der Waals surface area contributed by atoms with E-state index in [4.69, 9.17) is 9.84 Å². The molecule has 2 aromatic carbocycles. The van der Waals surface area contributed by atoms with Gasteiger partial charge in [-0.15, -0.1) is 0 Å². The third kappa shape index (κ3) is 4.00. The Kier molecular flexibility index (Phi) is 5.31. The predicted molar refractivity (Wildman–Crippen MR) is 106 cm³/mol. The molecule has 0 spiro atoms. The van der Waals surface area contributed by atoms with E-state index in [1.54, 1.807) is 0 Å². The van der Waals surface area contributed by atoms with Gasteiger partial charge in [0.15, 0.2) is 0 Å². The Hall–Kier alpha value is -3.56. The number of amides is 2. The molecular formula is C22H19F3N2O5.